The molecule has 2 aromatic carbocycles. The fraction of sp³-hybridized carbons (Fsp3) is 0.0625. The van der Waals surface area contributed by atoms with Gasteiger partial charge >= 0.3 is 0 Å². The van der Waals surface area contributed by atoms with E-state index in [0.717, 1.165) is 5.56 Å². The van der Waals surface area contributed by atoms with Gasteiger partial charge in [0.1, 0.15) is 0 Å². The number of rotatable bonds is 5. The maximum absolute atomic E-state index is 12.3. The second kappa shape index (κ2) is 6.18. The first kappa shape index (κ1) is 14.6. The molecule has 23 heavy (non-hydrogen) atoms. The Hall–Kier alpha value is -3.35. The summed E-state index contributed by atoms with van der Waals surface area (Å²) in [6, 6.07) is 15.2. The lowest BCUT2D eigenvalue weighted by molar-refractivity contribution is -0.384. The summed E-state index contributed by atoms with van der Waals surface area (Å²) in [5.41, 5.74) is 1.27. The van der Waals surface area contributed by atoms with E-state index in [1.807, 2.05) is 30.3 Å². The van der Waals surface area contributed by atoms with E-state index in [-0.39, 0.29) is 16.9 Å². The lowest BCUT2D eigenvalue weighted by atomic mass is 10.1. The molecule has 0 aliphatic heterocycles. The number of hydrogen-bond donors (Lipinski definition) is 0. The Kier molecular flexibility index (Phi) is 3.92. The Morgan fingerprint density at radius 3 is 2.65 bits per heavy atom. The summed E-state index contributed by atoms with van der Waals surface area (Å²) in [6.07, 6.45) is 1.54. The second-order valence-corrected chi connectivity index (χ2v) is 4.92. The van der Waals surface area contributed by atoms with Crippen molar-refractivity contribution in [2.75, 3.05) is 0 Å². The van der Waals surface area contributed by atoms with Gasteiger partial charge in [0.15, 0.2) is 5.69 Å². The summed E-state index contributed by atoms with van der Waals surface area (Å²) < 4.78 is 1.56. The zero-order valence-corrected chi connectivity index (χ0v) is 12.0. The summed E-state index contributed by atoms with van der Waals surface area (Å²) in [6.45, 7) is 0.496. The van der Waals surface area contributed by atoms with E-state index in [2.05, 4.69) is 10.3 Å². The van der Waals surface area contributed by atoms with Gasteiger partial charge < -0.3 is 0 Å². The fourth-order valence-corrected chi connectivity index (χ4v) is 2.16. The Labute approximate surface area is 131 Å². The van der Waals surface area contributed by atoms with E-state index in [4.69, 9.17) is 0 Å². The first-order valence-electron chi connectivity index (χ1n) is 6.87. The van der Waals surface area contributed by atoms with Crippen molar-refractivity contribution < 1.29 is 9.72 Å². The van der Waals surface area contributed by atoms with E-state index < -0.39 is 10.7 Å². The molecule has 0 fully saturated rings. The molecule has 0 unspecified atom stereocenters. The van der Waals surface area contributed by atoms with Crippen LogP contribution in [0.1, 0.15) is 21.6 Å². The van der Waals surface area contributed by atoms with Gasteiger partial charge in [-0.1, -0.05) is 47.7 Å². The standard InChI is InChI=1S/C16H12N4O3/c21-16(13-7-4-8-14(9-13)20(22)23)15-11-19(18-17-15)10-12-5-2-1-3-6-12/h1-9,11H,10H2. The van der Waals surface area contributed by atoms with Gasteiger partial charge in [0.05, 0.1) is 17.7 Å². The van der Waals surface area contributed by atoms with Crippen LogP contribution in [-0.2, 0) is 6.54 Å². The Morgan fingerprint density at radius 1 is 1.13 bits per heavy atom. The Morgan fingerprint density at radius 2 is 1.91 bits per heavy atom. The molecule has 0 amide bonds. The fourth-order valence-electron chi connectivity index (χ4n) is 2.16. The van der Waals surface area contributed by atoms with Gasteiger partial charge in [0.25, 0.3) is 5.69 Å². The lowest BCUT2D eigenvalue weighted by Gasteiger charge is -1.99. The summed E-state index contributed by atoms with van der Waals surface area (Å²) in [5, 5.41) is 18.6. The van der Waals surface area contributed by atoms with Gasteiger partial charge in [-0.15, -0.1) is 5.10 Å². The molecule has 0 bridgehead atoms. The molecule has 0 saturated heterocycles. The quantitative estimate of drug-likeness (QED) is 0.410. The molecule has 114 valence electrons. The maximum Gasteiger partial charge on any atom is 0.270 e. The third-order valence-corrected chi connectivity index (χ3v) is 3.28. The lowest BCUT2D eigenvalue weighted by Crippen LogP contribution is -2.03. The van der Waals surface area contributed by atoms with Crippen LogP contribution in [-0.4, -0.2) is 25.7 Å². The molecule has 1 aromatic heterocycles. The molecule has 7 heteroatoms. The van der Waals surface area contributed by atoms with Crippen molar-refractivity contribution in [3.05, 3.63) is 87.7 Å². The highest BCUT2D eigenvalue weighted by Gasteiger charge is 2.16. The van der Waals surface area contributed by atoms with Crippen LogP contribution in [0.5, 0.6) is 0 Å². The SMILES string of the molecule is O=C(c1cccc([N+](=O)[O-])c1)c1cn(Cc2ccccc2)nn1. The Bertz CT molecular complexity index is 859. The molecule has 0 saturated carbocycles. The van der Waals surface area contributed by atoms with E-state index in [1.165, 1.54) is 30.5 Å². The molecule has 7 nitrogen and oxygen atoms in total. The number of ketones is 1. The van der Waals surface area contributed by atoms with Crippen LogP contribution in [0, 0.1) is 10.1 Å². The largest absolute Gasteiger partial charge is 0.287 e. The summed E-state index contributed by atoms with van der Waals surface area (Å²) in [5.74, 6) is -0.395. The minimum atomic E-state index is -0.539. The van der Waals surface area contributed by atoms with Gasteiger partial charge in [-0.2, -0.15) is 0 Å². The number of carbonyl (C=O) groups is 1. The van der Waals surface area contributed by atoms with Crippen molar-refractivity contribution in [2.45, 2.75) is 6.54 Å². The Balaban J connectivity index is 1.81. The van der Waals surface area contributed by atoms with Crippen LogP contribution in [0.25, 0.3) is 0 Å². The number of benzene rings is 2. The second-order valence-electron chi connectivity index (χ2n) is 4.92. The van der Waals surface area contributed by atoms with Crippen LogP contribution in [0.4, 0.5) is 5.69 Å². The summed E-state index contributed by atoms with van der Waals surface area (Å²) in [4.78, 5) is 22.6. The van der Waals surface area contributed by atoms with Gasteiger partial charge in [0, 0.05) is 17.7 Å². The topological polar surface area (TPSA) is 90.9 Å². The molecule has 3 aromatic rings. The molecule has 1 heterocycles. The normalized spacial score (nSPS) is 10.4. The predicted molar refractivity (Wildman–Crippen MR) is 82.1 cm³/mol. The number of nitrogens with zero attached hydrogens (tertiary/aromatic N) is 4. The molecule has 0 spiro atoms. The van der Waals surface area contributed by atoms with E-state index in [0.29, 0.717) is 6.54 Å². The molecule has 0 aliphatic carbocycles. The summed E-state index contributed by atoms with van der Waals surface area (Å²) >= 11 is 0. The monoisotopic (exact) mass is 308 g/mol. The van der Waals surface area contributed by atoms with Crippen molar-refractivity contribution in [1.29, 1.82) is 0 Å². The van der Waals surface area contributed by atoms with Crippen LogP contribution in [0.15, 0.2) is 60.8 Å². The smallest absolute Gasteiger partial charge is 0.270 e. The van der Waals surface area contributed by atoms with Gasteiger partial charge in [0.2, 0.25) is 5.78 Å². The molecule has 3 rings (SSSR count). The minimum Gasteiger partial charge on any atom is -0.287 e. The van der Waals surface area contributed by atoms with Crippen molar-refractivity contribution in [2.24, 2.45) is 0 Å². The third-order valence-electron chi connectivity index (χ3n) is 3.28. The maximum atomic E-state index is 12.3. The number of aromatic nitrogens is 3. The zero-order chi connectivity index (χ0) is 16.2. The van der Waals surface area contributed by atoms with Crippen LogP contribution in [0.3, 0.4) is 0 Å². The summed E-state index contributed by atoms with van der Waals surface area (Å²) in [7, 11) is 0. The number of non-ortho nitro benzene ring substituents is 1. The number of hydrogen-bond acceptors (Lipinski definition) is 5. The molecule has 0 radical (unpaired) electrons. The molecule has 0 aliphatic rings. The highest BCUT2D eigenvalue weighted by Crippen LogP contribution is 2.15. The van der Waals surface area contributed by atoms with E-state index >= 15 is 0 Å². The van der Waals surface area contributed by atoms with Gasteiger partial charge in [-0.3, -0.25) is 14.9 Å². The van der Waals surface area contributed by atoms with Crippen LogP contribution in [0.2, 0.25) is 0 Å². The number of carbonyl (C=O) groups excluding carboxylic acids is 1. The van der Waals surface area contributed by atoms with Crippen molar-refractivity contribution in [3.8, 4) is 0 Å². The van der Waals surface area contributed by atoms with Crippen molar-refractivity contribution in [3.63, 3.8) is 0 Å². The van der Waals surface area contributed by atoms with Crippen LogP contribution < -0.4 is 0 Å². The third kappa shape index (κ3) is 3.29. The molecule has 0 N–H and O–H groups in total. The van der Waals surface area contributed by atoms with Crippen LogP contribution >= 0.6 is 0 Å². The number of nitro benzene ring substituents is 1. The van der Waals surface area contributed by atoms with Crippen molar-refractivity contribution in [1.82, 2.24) is 15.0 Å². The van der Waals surface area contributed by atoms with E-state index in [1.54, 1.807) is 4.68 Å². The van der Waals surface area contributed by atoms with Crippen molar-refractivity contribution >= 4 is 11.5 Å². The highest BCUT2D eigenvalue weighted by molar-refractivity contribution is 6.07. The minimum absolute atomic E-state index is 0.132. The average molecular weight is 308 g/mol. The average Bonchev–Trinajstić information content (AvgIpc) is 3.03. The van der Waals surface area contributed by atoms with Gasteiger partial charge in [-0.05, 0) is 5.56 Å². The molecular weight excluding hydrogens is 296 g/mol. The molecule has 0 atom stereocenters. The highest BCUT2D eigenvalue weighted by atomic mass is 16.6. The first-order valence-corrected chi connectivity index (χ1v) is 6.87. The first-order chi connectivity index (χ1) is 11.1. The van der Waals surface area contributed by atoms with Gasteiger partial charge in [-0.25, -0.2) is 4.68 Å². The zero-order valence-electron chi connectivity index (χ0n) is 12.0. The van der Waals surface area contributed by atoms with E-state index in [9.17, 15) is 14.9 Å². The molecular formula is C16H12N4O3. The predicted octanol–water partition coefficient (Wildman–Crippen LogP) is 2.47. The number of nitro groups is 1.